The van der Waals surface area contributed by atoms with Crippen LogP contribution in [0.15, 0.2) is 48.5 Å². The SMILES string of the molecule is FC(F)(F)c1ccccc1CC1CNCc2ccccc21. The molecule has 0 aliphatic carbocycles. The summed E-state index contributed by atoms with van der Waals surface area (Å²) >= 11 is 0. The van der Waals surface area contributed by atoms with Gasteiger partial charge >= 0.3 is 6.18 Å². The van der Waals surface area contributed by atoms with Gasteiger partial charge in [-0.3, -0.25) is 0 Å². The van der Waals surface area contributed by atoms with Gasteiger partial charge in [-0.1, -0.05) is 42.5 Å². The lowest BCUT2D eigenvalue weighted by Crippen LogP contribution is -2.29. The normalized spacial score (nSPS) is 18.3. The summed E-state index contributed by atoms with van der Waals surface area (Å²) in [7, 11) is 0. The minimum absolute atomic E-state index is 0.0819. The summed E-state index contributed by atoms with van der Waals surface area (Å²) in [6.45, 7) is 1.50. The molecule has 0 saturated carbocycles. The highest BCUT2D eigenvalue weighted by atomic mass is 19.4. The van der Waals surface area contributed by atoms with Crippen LogP contribution in [0.25, 0.3) is 0 Å². The number of alkyl halides is 3. The average molecular weight is 291 g/mol. The summed E-state index contributed by atoms with van der Waals surface area (Å²) in [6.07, 6.45) is -3.89. The summed E-state index contributed by atoms with van der Waals surface area (Å²) in [5, 5.41) is 3.29. The fourth-order valence-corrected chi connectivity index (χ4v) is 3.01. The Bertz CT molecular complexity index is 634. The molecule has 3 rings (SSSR count). The van der Waals surface area contributed by atoms with Crippen molar-refractivity contribution in [1.29, 1.82) is 0 Å². The maximum absolute atomic E-state index is 13.1. The standard InChI is InChI=1S/C17H16F3N/c18-17(19,20)16-8-4-2-5-12(16)9-14-11-21-10-13-6-1-3-7-15(13)14/h1-8,14,21H,9-11H2. The molecule has 0 amide bonds. The van der Waals surface area contributed by atoms with E-state index >= 15 is 0 Å². The number of benzene rings is 2. The van der Waals surface area contributed by atoms with E-state index in [9.17, 15) is 13.2 Å². The Balaban J connectivity index is 1.92. The van der Waals surface area contributed by atoms with Crippen LogP contribution in [0.3, 0.4) is 0 Å². The molecule has 0 fully saturated rings. The van der Waals surface area contributed by atoms with Crippen molar-refractivity contribution in [3.05, 3.63) is 70.8 Å². The fraction of sp³-hybridized carbons (Fsp3) is 0.294. The van der Waals surface area contributed by atoms with Crippen LogP contribution < -0.4 is 5.32 Å². The molecular weight excluding hydrogens is 275 g/mol. The van der Waals surface area contributed by atoms with Crippen molar-refractivity contribution >= 4 is 0 Å². The molecule has 0 bridgehead atoms. The molecule has 1 aliphatic rings. The van der Waals surface area contributed by atoms with E-state index in [4.69, 9.17) is 0 Å². The van der Waals surface area contributed by atoms with Gasteiger partial charge in [-0.2, -0.15) is 13.2 Å². The molecule has 0 saturated heterocycles. The minimum Gasteiger partial charge on any atom is -0.312 e. The van der Waals surface area contributed by atoms with Gasteiger partial charge in [0.15, 0.2) is 0 Å². The van der Waals surface area contributed by atoms with Crippen LogP contribution in [0.5, 0.6) is 0 Å². The molecule has 1 atom stereocenters. The molecule has 1 heterocycles. The first-order valence-corrected chi connectivity index (χ1v) is 6.99. The molecule has 110 valence electrons. The van der Waals surface area contributed by atoms with Gasteiger partial charge in [0.1, 0.15) is 0 Å². The second-order valence-electron chi connectivity index (χ2n) is 5.39. The van der Waals surface area contributed by atoms with Crippen molar-refractivity contribution in [2.75, 3.05) is 6.54 Å². The number of nitrogens with one attached hydrogen (secondary N) is 1. The van der Waals surface area contributed by atoms with Gasteiger partial charge in [-0.25, -0.2) is 0 Å². The molecule has 0 spiro atoms. The van der Waals surface area contributed by atoms with Crippen molar-refractivity contribution in [1.82, 2.24) is 5.32 Å². The van der Waals surface area contributed by atoms with Gasteiger partial charge < -0.3 is 5.32 Å². The largest absolute Gasteiger partial charge is 0.416 e. The van der Waals surface area contributed by atoms with Crippen LogP contribution in [0.1, 0.15) is 28.2 Å². The number of hydrogen-bond donors (Lipinski definition) is 1. The van der Waals surface area contributed by atoms with Crippen LogP contribution in [-0.2, 0) is 19.1 Å². The van der Waals surface area contributed by atoms with E-state index in [1.165, 1.54) is 11.6 Å². The highest BCUT2D eigenvalue weighted by molar-refractivity contribution is 5.37. The Morgan fingerprint density at radius 3 is 2.52 bits per heavy atom. The Morgan fingerprint density at radius 2 is 1.71 bits per heavy atom. The molecule has 2 aromatic carbocycles. The number of halogens is 3. The lowest BCUT2D eigenvalue weighted by Gasteiger charge is -2.27. The Kier molecular flexibility index (Phi) is 3.72. The molecule has 4 heteroatoms. The summed E-state index contributed by atoms with van der Waals surface area (Å²) in [5.41, 5.74) is 2.19. The Morgan fingerprint density at radius 1 is 1.00 bits per heavy atom. The summed E-state index contributed by atoms with van der Waals surface area (Å²) < 4.78 is 39.2. The van der Waals surface area contributed by atoms with Crippen LogP contribution in [-0.4, -0.2) is 6.54 Å². The molecule has 2 aromatic rings. The van der Waals surface area contributed by atoms with E-state index in [0.717, 1.165) is 18.2 Å². The third-order valence-electron chi connectivity index (χ3n) is 3.99. The maximum Gasteiger partial charge on any atom is 0.416 e. The first-order chi connectivity index (χ1) is 10.1. The van der Waals surface area contributed by atoms with Crippen molar-refractivity contribution in [3.8, 4) is 0 Å². The molecule has 1 unspecified atom stereocenters. The average Bonchev–Trinajstić information content (AvgIpc) is 2.47. The monoisotopic (exact) mass is 291 g/mol. The lowest BCUT2D eigenvalue weighted by atomic mass is 9.85. The Labute approximate surface area is 121 Å². The van der Waals surface area contributed by atoms with Crippen LogP contribution in [0, 0.1) is 0 Å². The number of fused-ring (bicyclic) bond motifs is 1. The van der Waals surface area contributed by atoms with Gasteiger partial charge in [0.05, 0.1) is 5.56 Å². The molecular formula is C17H16F3N. The van der Waals surface area contributed by atoms with E-state index in [0.29, 0.717) is 18.5 Å². The summed E-state index contributed by atoms with van der Waals surface area (Å²) in [5.74, 6) is 0.0819. The van der Waals surface area contributed by atoms with E-state index in [-0.39, 0.29) is 5.92 Å². The van der Waals surface area contributed by atoms with E-state index < -0.39 is 11.7 Å². The van der Waals surface area contributed by atoms with Gasteiger partial charge in [0, 0.05) is 19.0 Å². The predicted molar refractivity (Wildman–Crippen MR) is 76.0 cm³/mol. The highest BCUT2D eigenvalue weighted by Gasteiger charge is 2.33. The molecule has 21 heavy (non-hydrogen) atoms. The number of rotatable bonds is 2. The van der Waals surface area contributed by atoms with Crippen LogP contribution >= 0.6 is 0 Å². The van der Waals surface area contributed by atoms with Gasteiger partial charge in [0.25, 0.3) is 0 Å². The predicted octanol–water partition coefficient (Wildman–Crippen LogP) is 4.13. The zero-order valence-corrected chi connectivity index (χ0v) is 11.5. The quantitative estimate of drug-likeness (QED) is 0.877. The third kappa shape index (κ3) is 2.95. The minimum atomic E-state index is -4.29. The Hall–Kier alpha value is -1.81. The zero-order chi connectivity index (χ0) is 14.9. The first kappa shape index (κ1) is 14.1. The zero-order valence-electron chi connectivity index (χ0n) is 11.5. The van der Waals surface area contributed by atoms with Crippen molar-refractivity contribution < 1.29 is 13.2 Å². The third-order valence-corrected chi connectivity index (χ3v) is 3.99. The van der Waals surface area contributed by atoms with E-state index in [2.05, 4.69) is 5.32 Å². The molecule has 1 N–H and O–H groups in total. The van der Waals surface area contributed by atoms with E-state index in [1.54, 1.807) is 12.1 Å². The smallest absolute Gasteiger partial charge is 0.312 e. The van der Waals surface area contributed by atoms with Crippen molar-refractivity contribution in [2.45, 2.75) is 25.1 Å². The van der Waals surface area contributed by atoms with E-state index in [1.807, 2.05) is 24.3 Å². The van der Waals surface area contributed by atoms with Crippen molar-refractivity contribution in [2.24, 2.45) is 0 Å². The topological polar surface area (TPSA) is 12.0 Å². The fourth-order valence-electron chi connectivity index (χ4n) is 3.01. The van der Waals surface area contributed by atoms with Gasteiger partial charge in [0.2, 0.25) is 0 Å². The second kappa shape index (κ2) is 5.53. The lowest BCUT2D eigenvalue weighted by molar-refractivity contribution is -0.138. The van der Waals surface area contributed by atoms with Crippen LogP contribution in [0.2, 0.25) is 0 Å². The highest BCUT2D eigenvalue weighted by Crippen LogP contribution is 2.35. The summed E-state index contributed by atoms with van der Waals surface area (Å²) in [4.78, 5) is 0. The summed E-state index contributed by atoms with van der Waals surface area (Å²) in [6, 6.07) is 13.8. The van der Waals surface area contributed by atoms with Gasteiger partial charge in [-0.15, -0.1) is 0 Å². The van der Waals surface area contributed by atoms with Crippen molar-refractivity contribution in [3.63, 3.8) is 0 Å². The van der Waals surface area contributed by atoms with Gasteiger partial charge in [-0.05, 0) is 29.2 Å². The molecule has 1 nitrogen and oxygen atoms in total. The number of hydrogen-bond acceptors (Lipinski definition) is 1. The molecule has 0 aromatic heterocycles. The van der Waals surface area contributed by atoms with Crippen LogP contribution in [0.4, 0.5) is 13.2 Å². The second-order valence-corrected chi connectivity index (χ2v) is 5.39. The molecule has 1 aliphatic heterocycles. The maximum atomic E-state index is 13.1. The molecule has 0 radical (unpaired) electrons. The first-order valence-electron chi connectivity index (χ1n) is 6.99.